The lowest BCUT2D eigenvalue weighted by atomic mass is 9.98. The highest BCUT2D eigenvalue weighted by Crippen LogP contribution is 2.23. The molecular formula is C17H28N2O. The average Bonchev–Trinajstić information content (AvgIpc) is 2.91. The van der Waals surface area contributed by atoms with Crippen molar-refractivity contribution < 1.29 is 4.74 Å². The van der Waals surface area contributed by atoms with E-state index in [2.05, 4.69) is 56.2 Å². The second kappa shape index (κ2) is 7.09. The molecule has 0 amide bonds. The van der Waals surface area contributed by atoms with E-state index in [0.717, 1.165) is 26.3 Å². The molecule has 3 heteroatoms. The third kappa shape index (κ3) is 3.74. The van der Waals surface area contributed by atoms with Gasteiger partial charge in [0.1, 0.15) is 0 Å². The zero-order valence-electron chi connectivity index (χ0n) is 13.3. The van der Waals surface area contributed by atoms with Crippen molar-refractivity contribution in [3.05, 3.63) is 29.3 Å². The fourth-order valence-electron chi connectivity index (χ4n) is 3.14. The van der Waals surface area contributed by atoms with E-state index in [1.165, 1.54) is 23.2 Å². The second-order valence-corrected chi connectivity index (χ2v) is 5.96. The summed E-state index contributed by atoms with van der Waals surface area (Å²) in [5.41, 5.74) is 4.01. The summed E-state index contributed by atoms with van der Waals surface area (Å²) < 4.78 is 5.55. The van der Waals surface area contributed by atoms with Gasteiger partial charge in [-0.3, -0.25) is 0 Å². The highest BCUT2D eigenvalue weighted by atomic mass is 16.5. The molecule has 0 radical (unpaired) electrons. The molecule has 1 aromatic carbocycles. The monoisotopic (exact) mass is 276 g/mol. The first-order chi connectivity index (χ1) is 9.61. The Morgan fingerprint density at radius 3 is 2.80 bits per heavy atom. The van der Waals surface area contributed by atoms with Crippen LogP contribution in [0.3, 0.4) is 0 Å². The van der Waals surface area contributed by atoms with Crippen LogP contribution >= 0.6 is 0 Å². The summed E-state index contributed by atoms with van der Waals surface area (Å²) >= 11 is 0. The van der Waals surface area contributed by atoms with E-state index in [9.17, 15) is 0 Å². The second-order valence-electron chi connectivity index (χ2n) is 5.96. The van der Waals surface area contributed by atoms with E-state index in [4.69, 9.17) is 4.74 Å². The van der Waals surface area contributed by atoms with Crippen molar-refractivity contribution in [2.75, 3.05) is 38.3 Å². The number of hydrogen-bond donors (Lipinski definition) is 1. The third-order valence-electron chi connectivity index (χ3n) is 4.23. The Labute approximate surface area is 123 Å². The maximum atomic E-state index is 5.55. The largest absolute Gasteiger partial charge is 0.381 e. The molecule has 112 valence electrons. The summed E-state index contributed by atoms with van der Waals surface area (Å²) in [6.07, 6.45) is 1.18. The number of aryl methyl sites for hydroxylation is 2. The Kier molecular flexibility index (Phi) is 5.44. The first kappa shape index (κ1) is 15.3. The molecule has 0 aliphatic carbocycles. The molecule has 2 atom stereocenters. The number of benzene rings is 1. The average molecular weight is 276 g/mol. The van der Waals surface area contributed by atoms with Crippen molar-refractivity contribution in [2.24, 2.45) is 5.92 Å². The van der Waals surface area contributed by atoms with Crippen LogP contribution in [-0.2, 0) is 4.74 Å². The van der Waals surface area contributed by atoms with Gasteiger partial charge in [0, 0.05) is 37.8 Å². The maximum Gasteiger partial charge on any atom is 0.0510 e. The van der Waals surface area contributed by atoms with E-state index in [1.807, 2.05) is 0 Å². The fraction of sp³-hybridized carbons (Fsp3) is 0.647. The van der Waals surface area contributed by atoms with Gasteiger partial charge in [0.15, 0.2) is 0 Å². The van der Waals surface area contributed by atoms with E-state index < -0.39 is 0 Å². The lowest BCUT2D eigenvalue weighted by Crippen LogP contribution is -2.45. The van der Waals surface area contributed by atoms with E-state index in [-0.39, 0.29) is 0 Å². The molecule has 1 heterocycles. The maximum absolute atomic E-state index is 5.55. The van der Waals surface area contributed by atoms with Gasteiger partial charge in [-0.25, -0.2) is 0 Å². The predicted octanol–water partition coefficient (Wildman–Crippen LogP) is 2.75. The van der Waals surface area contributed by atoms with Gasteiger partial charge in [0.25, 0.3) is 0 Å². The molecule has 2 rings (SSSR count). The molecule has 1 aliphatic rings. The van der Waals surface area contributed by atoms with Gasteiger partial charge in [-0.1, -0.05) is 24.6 Å². The van der Waals surface area contributed by atoms with Gasteiger partial charge in [-0.2, -0.15) is 0 Å². The van der Waals surface area contributed by atoms with E-state index in [0.29, 0.717) is 12.0 Å². The van der Waals surface area contributed by atoms with Crippen molar-refractivity contribution in [3.63, 3.8) is 0 Å². The van der Waals surface area contributed by atoms with Crippen LogP contribution in [0.15, 0.2) is 18.2 Å². The summed E-state index contributed by atoms with van der Waals surface area (Å²) in [7, 11) is 2.19. The van der Waals surface area contributed by atoms with Gasteiger partial charge < -0.3 is 15.0 Å². The van der Waals surface area contributed by atoms with Crippen molar-refractivity contribution in [1.29, 1.82) is 0 Å². The van der Waals surface area contributed by atoms with Gasteiger partial charge in [0.05, 0.1) is 6.61 Å². The molecule has 3 nitrogen and oxygen atoms in total. The quantitative estimate of drug-likeness (QED) is 0.864. The van der Waals surface area contributed by atoms with Crippen molar-refractivity contribution in [2.45, 2.75) is 33.2 Å². The topological polar surface area (TPSA) is 24.5 Å². The van der Waals surface area contributed by atoms with Crippen LogP contribution in [-0.4, -0.2) is 39.4 Å². The molecule has 0 bridgehead atoms. The molecule has 1 N–H and O–H groups in total. The summed E-state index contributed by atoms with van der Waals surface area (Å²) in [6.45, 7) is 10.4. The molecule has 0 spiro atoms. The van der Waals surface area contributed by atoms with Crippen LogP contribution in [0.2, 0.25) is 0 Å². The number of rotatable bonds is 6. The van der Waals surface area contributed by atoms with Crippen LogP contribution < -0.4 is 10.2 Å². The Morgan fingerprint density at radius 1 is 1.40 bits per heavy atom. The standard InChI is InChI=1S/C17H28N2O/c1-5-18-16(15-8-9-20-12-15)11-19(4)17-7-6-13(2)10-14(17)3/h6-7,10,15-16,18H,5,8-9,11-12H2,1-4H3. The first-order valence-electron chi connectivity index (χ1n) is 7.71. The summed E-state index contributed by atoms with van der Waals surface area (Å²) in [5, 5.41) is 3.63. The molecule has 2 unspecified atom stereocenters. The van der Waals surface area contributed by atoms with Gasteiger partial charge in [-0.05, 0) is 38.4 Å². The zero-order valence-corrected chi connectivity index (χ0v) is 13.3. The van der Waals surface area contributed by atoms with Crippen LogP contribution in [0.4, 0.5) is 5.69 Å². The molecule has 0 saturated carbocycles. The molecule has 1 saturated heterocycles. The zero-order chi connectivity index (χ0) is 14.5. The fourth-order valence-corrected chi connectivity index (χ4v) is 3.14. The first-order valence-corrected chi connectivity index (χ1v) is 7.71. The van der Waals surface area contributed by atoms with Crippen LogP contribution in [0.1, 0.15) is 24.5 Å². The van der Waals surface area contributed by atoms with E-state index >= 15 is 0 Å². The van der Waals surface area contributed by atoms with Crippen LogP contribution in [0, 0.1) is 19.8 Å². The minimum atomic E-state index is 0.508. The molecular weight excluding hydrogens is 248 g/mol. The molecule has 20 heavy (non-hydrogen) atoms. The lowest BCUT2D eigenvalue weighted by Gasteiger charge is -2.30. The number of nitrogens with zero attached hydrogens (tertiary/aromatic N) is 1. The highest BCUT2D eigenvalue weighted by molar-refractivity contribution is 5.53. The lowest BCUT2D eigenvalue weighted by molar-refractivity contribution is 0.177. The van der Waals surface area contributed by atoms with E-state index in [1.54, 1.807) is 0 Å². The van der Waals surface area contributed by atoms with Gasteiger partial charge >= 0.3 is 0 Å². The number of likely N-dealkylation sites (N-methyl/N-ethyl adjacent to an activating group) is 2. The number of hydrogen-bond acceptors (Lipinski definition) is 3. The van der Waals surface area contributed by atoms with Crippen molar-refractivity contribution >= 4 is 5.69 Å². The number of ether oxygens (including phenoxy) is 1. The van der Waals surface area contributed by atoms with Crippen LogP contribution in [0.25, 0.3) is 0 Å². The molecule has 0 aromatic heterocycles. The Bertz CT molecular complexity index is 427. The SMILES string of the molecule is CCNC(CN(C)c1ccc(C)cc1C)C1CCOC1. The third-order valence-corrected chi connectivity index (χ3v) is 4.23. The molecule has 1 aliphatic heterocycles. The number of nitrogens with one attached hydrogen (secondary N) is 1. The van der Waals surface area contributed by atoms with Gasteiger partial charge in [0.2, 0.25) is 0 Å². The summed E-state index contributed by atoms with van der Waals surface area (Å²) in [5.74, 6) is 0.642. The Morgan fingerprint density at radius 2 is 2.20 bits per heavy atom. The smallest absolute Gasteiger partial charge is 0.0510 e. The highest BCUT2D eigenvalue weighted by Gasteiger charge is 2.26. The Hall–Kier alpha value is -1.06. The minimum absolute atomic E-state index is 0.508. The predicted molar refractivity (Wildman–Crippen MR) is 85.6 cm³/mol. The van der Waals surface area contributed by atoms with Crippen molar-refractivity contribution in [3.8, 4) is 0 Å². The van der Waals surface area contributed by atoms with Crippen LogP contribution in [0.5, 0.6) is 0 Å². The van der Waals surface area contributed by atoms with Crippen molar-refractivity contribution in [1.82, 2.24) is 5.32 Å². The van der Waals surface area contributed by atoms with Gasteiger partial charge in [-0.15, -0.1) is 0 Å². The minimum Gasteiger partial charge on any atom is -0.381 e. The summed E-state index contributed by atoms with van der Waals surface area (Å²) in [4.78, 5) is 2.38. The Balaban J connectivity index is 2.04. The molecule has 1 aromatic rings. The molecule has 1 fully saturated rings. The normalized spacial score (nSPS) is 20.1. The summed E-state index contributed by atoms with van der Waals surface area (Å²) in [6, 6.07) is 7.19. The number of anilines is 1.